The molecule has 2 aromatic carbocycles. The van der Waals surface area contributed by atoms with Gasteiger partial charge in [0.25, 0.3) is 5.91 Å². The average molecular weight is 377 g/mol. The maximum absolute atomic E-state index is 13.0. The number of likely N-dealkylation sites (tertiary alicyclic amines) is 1. The Balaban J connectivity index is 1.85. The summed E-state index contributed by atoms with van der Waals surface area (Å²) in [7, 11) is 1.49. The summed E-state index contributed by atoms with van der Waals surface area (Å²) in [6.07, 6.45) is 1.36. The van der Waals surface area contributed by atoms with Crippen molar-refractivity contribution in [1.29, 1.82) is 5.26 Å². The van der Waals surface area contributed by atoms with Gasteiger partial charge >= 0.3 is 0 Å². The number of piperidine rings is 1. The van der Waals surface area contributed by atoms with Gasteiger partial charge in [0.05, 0.1) is 36.5 Å². The zero-order valence-electron chi connectivity index (χ0n) is 16.1. The van der Waals surface area contributed by atoms with Crippen LogP contribution in [0.25, 0.3) is 11.1 Å². The molecule has 1 unspecified atom stereocenters. The first-order valence-electron chi connectivity index (χ1n) is 9.20. The fraction of sp³-hybridized carbons (Fsp3) is 0.318. The van der Waals surface area contributed by atoms with E-state index >= 15 is 0 Å². The van der Waals surface area contributed by atoms with Gasteiger partial charge in [-0.2, -0.15) is 5.26 Å². The Bertz CT molecular complexity index is 929. The van der Waals surface area contributed by atoms with Crippen LogP contribution in [0.1, 0.15) is 34.3 Å². The van der Waals surface area contributed by atoms with E-state index in [0.717, 1.165) is 22.4 Å². The number of carbonyl (C=O) groups is 1. The van der Waals surface area contributed by atoms with Gasteiger partial charge in [0.2, 0.25) is 0 Å². The molecule has 0 aliphatic carbocycles. The van der Waals surface area contributed by atoms with Gasteiger partial charge in [0.1, 0.15) is 7.11 Å². The highest BCUT2D eigenvalue weighted by molar-refractivity contribution is 5.99. The Hall–Kier alpha value is -3.17. The van der Waals surface area contributed by atoms with E-state index in [1.165, 1.54) is 7.11 Å². The molecular formula is C22H23N3O3. The Morgan fingerprint density at radius 2 is 2.07 bits per heavy atom. The molecule has 1 saturated heterocycles. The molecule has 1 atom stereocenters. The molecule has 1 aliphatic rings. The largest absolute Gasteiger partial charge is 0.399 e. The third-order valence-corrected chi connectivity index (χ3v) is 5.15. The lowest BCUT2D eigenvalue weighted by atomic mass is 9.95. The second-order valence-corrected chi connectivity index (χ2v) is 6.82. The molecule has 0 bridgehead atoms. The maximum Gasteiger partial charge on any atom is 0.254 e. The molecule has 28 heavy (non-hydrogen) atoms. The molecule has 1 heterocycles. The van der Waals surface area contributed by atoms with Crippen LogP contribution in [0.15, 0.2) is 47.6 Å². The summed E-state index contributed by atoms with van der Waals surface area (Å²) < 4.78 is 0. The summed E-state index contributed by atoms with van der Waals surface area (Å²) in [6, 6.07) is 14.9. The van der Waals surface area contributed by atoms with Crippen LogP contribution < -0.4 is 0 Å². The van der Waals surface area contributed by atoms with Crippen molar-refractivity contribution in [3.63, 3.8) is 0 Å². The van der Waals surface area contributed by atoms with E-state index in [1.807, 2.05) is 31.2 Å². The summed E-state index contributed by atoms with van der Waals surface area (Å²) in [5.41, 5.74) is 4.82. The summed E-state index contributed by atoms with van der Waals surface area (Å²) in [5, 5.41) is 22.8. The van der Waals surface area contributed by atoms with E-state index in [4.69, 9.17) is 4.84 Å². The summed E-state index contributed by atoms with van der Waals surface area (Å²) in [4.78, 5) is 19.5. The molecule has 2 aromatic rings. The van der Waals surface area contributed by atoms with Crippen LogP contribution in [0.5, 0.6) is 0 Å². The van der Waals surface area contributed by atoms with Crippen molar-refractivity contribution in [2.75, 3.05) is 20.3 Å². The van der Waals surface area contributed by atoms with Gasteiger partial charge in [-0.25, -0.2) is 0 Å². The van der Waals surface area contributed by atoms with E-state index in [1.54, 1.807) is 23.1 Å². The highest BCUT2D eigenvalue weighted by Gasteiger charge is 2.30. The van der Waals surface area contributed by atoms with Crippen LogP contribution in [0, 0.1) is 18.3 Å². The third kappa shape index (κ3) is 3.90. The molecule has 0 spiro atoms. The van der Waals surface area contributed by atoms with E-state index in [9.17, 15) is 15.2 Å². The Morgan fingerprint density at radius 3 is 2.71 bits per heavy atom. The number of benzene rings is 2. The van der Waals surface area contributed by atoms with Gasteiger partial charge in [0.15, 0.2) is 0 Å². The van der Waals surface area contributed by atoms with Gasteiger partial charge in [-0.15, -0.1) is 0 Å². The molecule has 0 aromatic heterocycles. The zero-order chi connectivity index (χ0) is 20.1. The molecule has 6 nitrogen and oxygen atoms in total. The monoisotopic (exact) mass is 377 g/mol. The number of amides is 1. The molecule has 0 saturated carbocycles. The van der Waals surface area contributed by atoms with Crippen LogP contribution in [0.4, 0.5) is 0 Å². The van der Waals surface area contributed by atoms with Crippen molar-refractivity contribution in [3.05, 3.63) is 59.2 Å². The highest BCUT2D eigenvalue weighted by atomic mass is 16.6. The fourth-order valence-corrected chi connectivity index (χ4v) is 3.55. The number of rotatable bonds is 4. The quantitative estimate of drug-likeness (QED) is 0.830. The van der Waals surface area contributed by atoms with E-state index in [2.05, 4.69) is 11.2 Å². The minimum atomic E-state index is -0.225. The summed E-state index contributed by atoms with van der Waals surface area (Å²) in [6.45, 7) is 2.19. The second kappa shape index (κ2) is 8.68. The third-order valence-electron chi connectivity index (χ3n) is 5.15. The van der Waals surface area contributed by atoms with E-state index in [0.29, 0.717) is 30.5 Å². The van der Waals surface area contributed by atoms with Crippen LogP contribution in [-0.2, 0) is 4.84 Å². The van der Waals surface area contributed by atoms with Gasteiger partial charge in [-0.3, -0.25) is 4.79 Å². The second-order valence-electron chi connectivity index (χ2n) is 6.82. The van der Waals surface area contributed by atoms with Crippen molar-refractivity contribution >= 4 is 11.6 Å². The van der Waals surface area contributed by atoms with E-state index in [-0.39, 0.29) is 18.6 Å². The molecule has 6 heteroatoms. The first-order valence-corrected chi connectivity index (χ1v) is 9.20. The number of hydrogen-bond acceptors (Lipinski definition) is 5. The normalized spacial score (nSPS) is 18.0. The van der Waals surface area contributed by atoms with Crippen LogP contribution in [0.2, 0.25) is 0 Å². The SMILES string of the molecule is CON=C1CCC(CO)N(C(=O)c2ccc(-c3cccc(C#N)c3C)cc2)C1. The predicted molar refractivity (Wildman–Crippen MR) is 107 cm³/mol. The number of oxime groups is 1. The van der Waals surface area contributed by atoms with Crippen molar-refractivity contribution in [2.24, 2.45) is 5.16 Å². The van der Waals surface area contributed by atoms with Crippen LogP contribution in [0.3, 0.4) is 0 Å². The first-order chi connectivity index (χ1) is 13.6. The smallest absolute Gasteiger partial charge is 0.254 e. The summed E-state index contributed by atoms with van der Waals surface area (Å²) in [5.74, 6) is -0.142. The maximum atomic E-state index is 13.0. The topological polar surface area (TPSA) is 85.9 Å². The minimum Gasteiger partial charge on any atom is -0.399 e. The van der Waals surface area contributed by atoms with E-state index < -0.39 is 0 Å². The van der Waals surface area contributed by atoms with Crippen molar-refractivity contribution < 1.29 is 14.7 Å². The molecule has 1 aliphatic heterocycles. The van der Waals surface area contributed by atoms with Gasteiger partial charge < -0.3 is 14.8 Å². The zero-order valence-corrected chi connectivity index (χ0v) is 16.1. The standard InChI is InChI=1S/C22H23N3O3/c1-15-18(12-23)4-3-5-21(15)16-6-8-17(9-7-16)22(27)25-13-19(24-28-2)10-11-20(25)14-26/h3-9,20,26H,10-11,13-14H2,1-2H3. The summed E-state index contributed by atoms with van der Waals surface area (Å²) >= 11 is 0. The van der Waals surface area contributed by atoms with Crippen LogP contribution in [-0.4, -0.2) is 47.9 Å². The lowest BCUT2D eigenvalue weighted by Gasteiger charge is -2.35. The Labute approximate surface area is 164 Å². The average Bonchev–Trinajstić information content (AvgIpc) is 2.74. The molecule has 1 amide bonds. The minimum absolute atomic E-state index is 0.0791. The fourth-order valence-electron chi connectivity index (χ4n) is 3.55. The molecule has 3 rings (SSSR count). The molecule has 1 fully saturated rings. The van der Waals surface area contributed by atoms with Crippen molar-refractivity contribution in [3.8, 4) is 17.2 Å². The lowest BCUT2D eigenvalue weighted by molar-refractivity contribution is 0.0593. The van der Waals surface area contributed by atoms with Crippen LogP contribution >= 0.6 is 0 Å². The number of nitriles is 1. The highest BCUT2D eigenvalue weighted by Crippen LogP contribution is 2.26. The van der Waals surface area contributed by atoms with Gasteiger partial charge in [-0.05, 0) is 54.7 Å². The predicted octanol–water partition coefficient (Wildman–Crippen LogP) is 3.13. The van der Waals surface area contributed by atoms with Crippen molar-refractivity contribution in [1.82, 2.24) is 4.90 Å². The number of aliphatic hydroxyl groups is 1. The molecule has 1 N–H and O–H groups in total. The molecular weight excluding hydrogens is 354 g/mol. The Kier molecular flexibility index (Phi) is 6.07. The lowest BCUT2D eigenvalue weighted by Crippen LogP contribution is -2.49. The van der Waals surface area contributed by atoms with Gasteiger partial charge in [-0.1, -0.05) is 29.4 Å². The molecule has 0 radical (unpaired) electrons. The Morgan fingerprint density at radius 1 is 1.32 bits per heavy atom. The number of hydrogen-bond donors (Lipinski definition) is 1. The van der Waals surface area contributed by atoms with Crippen molar-refractivity contribution in [2.45, 2.75) is 25.8 Å². The first kappa shape index (κ1) is 19.6. The molecule has 144 valence electrons. The number of nitrogens with zero attached hydrogens (tertiary/aromatic N) is 3. The van der Waals surface area contributed by atoms with Gasteiger partial charge in [0, 0.05) is 5.56 Å². The number of carbonyl (C=O) groups excluding carboxylic acids is 1. The number of aliphatic hydroxyl groups excluding tert-OH is 1.